The number of hydrogen-bond donors (Lipinski definition) is 0. The molecule has 0 bridgehead atoms. The molecule has 0 aliphatic heterocycles. The van der Waals surface area contributed by atoms with Crippen LogP contribution in [-0.2, 0) is 0 Å². The topological polar surface area (TPSA) is 6.48 Å². The van der Waals surface area contributed by atoms with Gasteiger partial charge in [0, 0.05) is 43.6 Å². The van der Waals surface area contributed by atoms with Crippen LogP contribution in [0, 0.1) is 0 Å². The zero-order valence-corrected chi connectivity index (χ0v) is 30.8. The molecule has 258 valence electrons. The quantitative estimate of drug-likeness (QED) is 0.153. The van der Waals surface area contributed by atoms with Gasteiger partial charge >= 0.3 is 0 Å². The molecular weight excluding hydrogens is 699 g/mol. The third-order valence-electron chi connectivity index (χ3n) is 9.95. The van der Waals surface area contributed by atoms with Gasteiger partial charge in [-0.15, -0.1) is 0 Å². The fraction of sp³-hybridized carbons (Fsp3) is 0. The molecule has 0 heterocycles. The molecule has 0 spiro atoms. The molecule has 2 nitrogen and oxygen atoms in total. The van der Waals surface area contributed by atoms with E-state index in [-0.39, 0.29) is 0 Å². The van der Waals surface area contributed by atoms with E-state index in [9.17, 15) is 0 Å². The van der Waals surface area contributed by atoms with Gasteiger partial charge < -0.3 is 9.80 Å². The van der Waals surface area contributed by atoms with Crippen LogP contribution in [0.25, 0.3) is 43.8 Å². The Morgan fingerprint density at radius 1 is 0.278 bits per heavy atom. The smallest absolute Gasteiger partial charge is 0.0540 e. The second-order valence-electron chi connectivity index (χ2n) is 13.3. The summed E-state index contributed by atoms with van der Waals surface area (Å²) in [6.07, 6.45) is 0. The predicted octanol–water partition coefficient (Wildman–Crippen LogP) is 15.6. The second-order valence-corrected chi connectivity index (χ2v) is 14.2. The standard InChI is InChI=1S/C50H34Cl2N2/c51-41-25-31-47-39(33-41)9-7-15-49(47)53(43-11-3-1-4-12-43)45-27-21-37(22-28-45)35-17-19-36(20-18-35)38-23-29-46(30-24-38)54(44-13-5-2-6-14-44)50-16-8-10-40-34-42(52)26-32-48(40)50/h1-34H. The van der Waals surface area contributed by atoms with Crippen molar-refractivity contribution in [3.05, 3.63) is 216 Å². The molecule has 0 fully saturated rings. The summed E-state index contributed by atoms with van der Waals surface area (Å²) in [5, 5.41) is 5.97. The summed E-state index contributed by atoms with van der Waals surface area (Å²) in [5.41, 5.74) is 11.2. The Morgan fingerprint density at radius 3 is 0.981 bits per heavy atom. The van der Waals surface area contributed by atoms with Crippen molar-refractivity contribution < 1.29 is 0 Å². The molecular formula is C50H34Cl2N2. The zero-order chi connectivity index (χ0) is 36.4. The average molecular weight is 734 g/mol. The molecule has 0 N–H and O–H groups in total. The van der Waals surface area contributed by atoms with Crippen molar-refractivity contribution >= 4 is 78.9 Å². The Labute approximate surface area is 325 Å². The Hall–Kier alpha value is -6.32. The van der Waals surface area contributed by atoms with Crippen molar-refractivity contribution in [2.75, 3.05) is 9.80 Å². The minimum Gasteiger partial charge on any atom is -0.310 e. The van der Waals surface area contributed by atoms with Crippen LogP contribution in [0.3, 0.4) is 0 Å². The number of benzene rings is 9. The Bertz CT molecular complexity index is 2520. The van der Waals surface area contributed by atoms with E-state index >= 15 is 0 Å². The van der Waals surface area contributed by atoms with Crippen LogP contribution in [0.5, 0.6) is 0 Å². The van der Waals surface area contributed by atoms with E-state index in [0.29, 0.717) is 0 Å². The van der Waals surface area contributed by atoms with Gasteiger partial charge in [0.05, 0.1) is 11.4 Å². The van der Waals surface area contributed by atoms with Gasteiger partial charge in [0.15, 0.2) is 0 Å². The molecule has 54 heavy (non-hydrogen) atoms. The van der Waals surface area contributed by atoms with Gasteiger partial charge in [-0.3, -0.25) is 0 Å². The van der Waals surface area contributed by atoms with Crippen molar-refractivity contribution in [3.8, 4) is 22.3 Å². The van der Waals surface area contributed by atoms with E-state index < -0.39 is 0 Å². The van der Waals surface area contributed by atoms with E-state index in [1.807, 2.05) is 36.4 Å². The average Bonchev–Trinajstić information content (AvgIpc) is 3.22. The van der Waals surface area contributed by atoms with Gasteiger partial charge in [-0.05, 0) is 118 Å². The van der Waals surface area contributed by atoms with Crippen molar-refractivity contribution in [2.24, 2.45) is 0 Å². The summed E-state index contributed by atoms with van der Waals surface area (Å²) in [7, 11) is 0. The fourth-order valence-electron chi connectivity index (χ4n) is 7.33. The largest absolute Gasteiger partial charge is 0.310 e. The second kappa shape index (κ2) is 14.6. The predicted molar refractivity (Wildman–Crippen MR) is 232 cm³/mol. The molecule has 0 saturated carbocycles. The summed E-state index contributed by atoms with van der Waals surface area (Å²) in [4.78, 5) is 4.61. The van der Waals surface area contributed by atoms with Crippen LogP contribution in [0.2, 0.25) is 10.0 Å². The van der Waals surface area contributed by atoms with E-state index in [1.165, 1.54) is 11.1 Å². The highest BCUT2D eigenvalue weighted by Gasteiger charge is 2.17. The van der Waals surface area contributed by atoms with Crippen molar-refractivity contribution in [2.45, 2.75) is 0 Å². The molecule has 0 aliphatic rings. The fourth-order valence-corrected chi connectivity index (χ4v) is 7.70. The van der Waals surface area contributed by atoms with Crippen LogP contribution < -0.4 is 9.80 Å². The van der Waals surface area contributed by atoms with Gasteiger partial charge in [0.1, 0.15) is 0 Å². The molecule has 0 amide bonds. The minimum atomic E-state index is 0.733. The van der Waals surface area contributed by atoms with E-state index in [0.717, 1.165) is 76.8 Å². The van der Waals surface area contributed by atoms with Gasteiger partial charge in [-0.2, -0.15) is 0 Å². The lowest BCUT2D eigenvalue weighted by molar-refractivity contribution is 1.30. The maximum Gasteiger partial charge on any atom is 0.0540 e. The third-order valence-corrected chi connectivity index (χ3v) is 10.4. The first-order valence-corrected chi connectivity index (χ1v) is 18.7. The number of rotatable bonds is 8. The number of fused-ring (bicyclic) bond motifs is 2. The van der Waals surface area contributed by atoms with Crippen molar-refractivity contribution in [3.63, 3.8) is 0 Å². The number of hydrogen-bond acceptors (Lipinski definition) is 2. The first-order chi connectivity index (χ1) is 26.6. The minimum absolute atomic E-state index is 0.733. The van der Waals surface area contributed by atoms with Gasteiger partial charge in [-0.25, -0.2) is 0 Å². The highest BCUT2D eigenvalue weighted by molar-refractivity contribution is 6.31. The van der Waals surface area contributed by atoms with E-state index in [4.69, 9.17) is 23.2 Å². The van der Waals surface area contributed by atoms with Crippen LogP contribution in [0.4, 0.5) is 34.1 Å². The zero-order valence-electron chi connectivity index (χ0n) is 29.3. The Kier molecular flexibility index (Phi) is 9.06. The molecule has 0 aliphatic carbocycles. The van der Waals surface area contributed by atoms with Gasteiger partial charge in [0.25, 0.3) is 0 Å². The van der Waals surface area contributed by atoms with Crippen LogP contribution >= 0.6 is 23.2 Å². The summed E-state index contributed by atoms with van der Waals surface area (Å²) >= 11 is 12.7. The Balaban J connectivity index is 1.00. The molecule has 0 atom stereocenters. The van der Waals surface area contributed by atoms with Crippen LogP contribution in [0.1, 0.15) is 0 Å². The highest BCUT2D eigenvalue weighted by atomic mass is 35.5. The number of para-hydroxylation sites is 2. The van der Waals surface area contributed by atoms with Crippen molar-refractivity contribution in [1.82, 2.24) is 0 Å². The first kappa shape index (κ1) is 33.5. The SMILES string of the molecule is Clc1ccc2c(N(c3ccccc3)c3ccc(-c4ccc(-c5ccc(N(c6ccccc6)c6cccc7cc(Cl)ccc67)cc5)cc4)cc3)cccc2c1. The lowest BCUT2D eigenvalue weighted by atomic mass is 9.99. The number of nitrogens with zero attached hydrogens (tertiary/aromatic N) is 2. The highest BCUT2D eigenvalue weighted by Crippen LogP contribution is 2.42. The molecule has 0 radical (unpaired) electrons. The Morgan fingerprint density at radius 2 is 0.611 bits per heavy atom. The van der Waals surface area contributed by atoms with E-state index in [2.05, 4.69) is 180 Å². The van der Waals surface area contributed by atoms with Crippen LogP contribution in [0.15, 0.2) is 206 Å². The van der Waals surface area contributed by atoms with Gasteiger partial charge in [-0.1, -0.05) is 145 Å². The maximum absolute atomic E-state index is 6.37. The molecule has 4 heteroatoms. The summed E-state index contributed by atoms with van der Waals surface area (Å²) in [5.74, 6) is 0. The summed E-state index contributed by atoms with van der Waals surface area (Å²) in [6, 6.07) is 72.4. The number of anilines is 6. The lowest BCUT2D eigenvalue weighted by Gasteiger charge is -2.27. The molecule has 9 aromatic rings. The van der Waals surface area contributed by atoms with E-state index in [1.54, 1.807) is 0 Å². The van der Waals surface area contributed by atoms with Crippen LogP contribution in [-0.4, -0.2) is 0 Å². The lowest BCUT2D eigenvalue weighted by Crippen LogP contribution is -2.10. The monoisotopic (exact) mass is 732 g/mol. The summed E-state index contributed by atoms with van der Waals surface area (Å²) in [6.45, 7) is 0. The molecule has 0 aromatic heterocycles. The third kappa shape index (κ3) is 6.58. The molecule has 9 rings (SSSR count). The number of halogens is 2. The van der Waals surface area contributed by atoms with Crippen molar-refractivity contribution in [1.29, 1.82) is 0 Å². The normalized spacial score (nSPS) is 11.1. The first-order valence-electron chi connectivity index (χ1n) is 18.0. The molecule has 9 aromatic carbocycles. The maximum atomic E-state index is 6.37. The molecule has 0 unspecified atom stereocenters. The molecule has 0 saturated heterocycles. The summed E-state index contributed by atoms with van der Waals surface area (Å²) < 4.78 is 0. The van der Waals surface area contributed by atoms with Gasteiger partial charge in [0.2, 0.25) is 0 Å².